The first-order chi connectivity index (χ1) is 12.0. The molecule has 0 bridgehead atoms. The standard InChI is InChI=1S/C17H18FN3O3S/c18-15-7-4-12(11-16(15)25(23,24)21-14-5-6-14)17(22)20-10-8-13-3-1-2-9-19-13/h1-4,7,9,11,14,21H,5-6,8,10H2,(H,20,22). The molecule has 1 aliphatic carbocycles. The number of hydrogen-bond acceptors (Lipinski definition) is 4. The Morgan fingerprint density at radius 2 is 2.04 bits per heavy atom. The predicted molar refractivity (Wildman–Crippen MR) is 90.0 cm³/mol. The fourth-order valence-corrected chi connectivity index (χ4v) is 3.70. The molecule has 1 aromatic heterocycles. The van der Waals surface area contributed by atoms with E-state index in [4.69, 9.17) is 0 Å². The molecule has 1 fully saturated rings. The van der Waals surface area contributed by atoms with Gasteiger partial charge in [-0.15, -0.1) is 0 Å². The van der Waals surface area contributed by atoms with E-state index in [1.165, 1.54) is 6.07 Å². The monoisotopic (exact) mass is 363 g/mol. The topological polar surface area (TPSA) is 88.2 Å². The fourth-order valence-electron chi connectivity index (χ4n) is 2.29. The third-order valence-electron chi connectivity index (χ3n) is 3.77. The second-order valence-corrected chi connectivity index (χ2v) is 7.55. The molecule has 2 aromatic rings. The molecule has 0 aliphatic heterocycles. The highest BCUT2D eigenvalue weighted by atomic mass is 32.2. The van der Waals surface area contributed by atoms with E-state index in [9.17, 15) is 17.6 Å². The van der Waals surface area contributed by atoms with E-state index < -0.39 is 26.6 Å². The summed E-state index contributed by atoms with van der Waals surface area (Å²) in [5.74, 6) is -1.34. The maximum absolute atomic E-state index is 13.9. The van der Waals surface area contributed by atoms with Gasteiger partial charge in [0.2, 0.25) is 10.0 Å². The van der Waals surface area contributed by atoms with E-state index in [1.807, 2.05) is 12.1 Å². The van der Waals surface area contributed by atoms with Gasteiger partial charge in [-0.05, 0) is 43.2 Å². The minimum Gasteiger partial charge on any atom is -0.352 e. The van der Waals surface area contributed by atoms with Crippen LogP contribution in [-0.4, -0.2) is 31.9 Å². The van der Waals surface area contributed by atoms with Crippen LogP contribution in [0.3, 0.4) is 0 Å². The van der Waals surface area contributed by atoms with Crippen molar-refractivity contribution in [3.8, 4) is 0 Å². The predicted octanol–water partition coefficient (Wildman–Crippen LogP) is 1.63. The van der Waals surface area contributed by atoms with Gasteiger partial charge in [0.1, 0.15) is 10.7 Å². The number of rotatable bonds is 7. The molecule has 1 heterocycles. The lowest BCUT2D eigenvalue weighted by atomic mass is 10.2. The zero-order valence-corrected chi connectivity index (χ0v) is 14.2. The first-order valence-electron chi connectivity index (χ1n) is 7.96. The van der Waals surface area contributed by atoms with Crippen LogP contribution in [0.2, 0.25) is 0 Å². The Labute approximate surface area is 145 Å². The summed E-state index contributed by atoms with van der Waals surface area (Å²) in [5, 5.41) is 2.68. The van der Waals surface area contributed by atoms with E-state index in [0.717, 1.165) is 30.7 Å². The van der Waals surface area contributed by atoms with Crippen LogP contribution in [0, 0.1) is 5.82 Å². The molecule has 2 N–H and O–H groups in total. The van der Waals surface area contributed by atoms with Crippen molar-refractivity contribution in [3.05, 3.63) is 59.7 Å². The summed E-state index contributed by atoms with van der Waals surface area (Å²) >= 11 is 0. The lowest BCUT2D eigenvalue weighted by molar-refractivity contribution is 0.0954. The molecule has 0 unspecified atom stereocenters. The smallest absolute Gasteiger partial charge is 0.251 e. The number of amides is 1. The number of nitrogens with one attached hydrogen (secondary N) is 2. The first kappa shape index (κ1) is 17.5. The van der Waals surface area contributed by atoms with Crippen molar-refractivity contribution in [1.29, 1.82) is 0 Å². The lowest BCUT2D eigenvalue weighted by Crippen LogP contribution is -2.28. The third kappa shape index (κ3) is 4.61. The van der Waals surface area contributed by atoms with Crippen molar-refractivity contribution >= 4 is 15.9 Å². The maximum Gasteiger partial charge on any atom is 0.251 e. The van der Waals surface area contributed by atoms with Crippen molar-refractivity contribution < 1.29 is 17.6 Å². The quantitative estimate of drug-likeness (QED) is 0.783. The van der Waals surface area contributed by atoms with Crippen LogP contribution in [0.5, 0.6) is 0 Å². The van der Waals surface area contributed by atoms with Crippen LogP contribution < -0.4 is 10.0 Å². The van der Waals surface area contributed by atoms with Gasteiger partial charge in [0, 0.05) is 36.5 Å². The van der Waals surface area contributed by atoms with Gasteiger partial charge in [0.25, 0.3) is 5.91 Å². The second-order valence-electron chi connectivity index (χ2n) is 5.87. The van der Waals surface area contributed by atoms with Crippen LogP contribution in [-0.2, 0) is 16.4 Å². The number of hydrogen-bond donors (Lipinski definition) is 2. The summed E-state index contributed by atoms with van der Waals surface area (Å²) < 4.78 is 40.7. The fraction of sp³-hybridized carbons (Fsp3) is 0.294. The molecule has 6 nitrogen and oxygen atoms in total. The number of nitrogens with zero attached hydrogens (tertiary/aromatic N) is 1. The maximum atomic E-state index is 13.9. The van der Waals surface area contributed by atoms with Crippen LogP contribution >= 0.6 is 0 Å². The number of sulfonamides is 1. The molecule has 1 aromatic carbocycles. The Balaban J connectivity index is 1.67. The largest absolute Gasteiger partial charge is 0.352 e. The Kier molecular flexibility index (Phi) is 5.10. The van der Waals surface area contributed by atoms with E-state index in [0.29, 0.717) is 13.0 Å². The van der Waals surface area contributed by atoms with Gasteiger partial charge in [0.15, 0.2) is 0 Å². The number of halogens is 1. The van der Waals surface area contributed by atoms with Crippen molar-refractivity contribution in [2.75, 3.05) is 6.54 Å². The molecule has 0 radical (unpaired) electrons. The van der Waals surface area contributed by atoms with E-state index >= 15 is 0 Å². The highest BCUT2D eigenvalue weighted by molar-refractivity contribution is 7.89. The lowest BCUT2D eigenvalue weighted by Gasteiger charge is -2.09. The minimum atomic E-state index is -3.96. The van der Waals surface area contributed by atoms with E-state index in [-0.39, 0.29) is 11.6 Å². The Morgan fingerprint density at radius 3 is 2.72 bits per heavy atom. The third-order valence-corrected chi connectivity index (χ3v) is 5.31. The summed E-state index contributed by atoms with van der Waals surface area (Å²) in [6, 6.07) is 8.69. The average Bonchev–Trinajstić information content (AvgIpc) is 3.39. The SMILES string of the molecule is O=C(NCCc1ccccn1)c1ccc(F)c(S(=O)(=O)NC2CC2)c1. The molecule has 0 spiro atoms. The molecular weight excluding hydrogens is 345 g/mol. The molecule has 0 saturated heterocycles. The Hall–Kier alpha value is -2.32. The summed E-state index contributed by atoms with van der Waals surface area (Å²) in [4.78, 5) is 15.8. The van der Waals surface area contributed by atoms with Gasteiger partial charge in [-0.3, -0.25) is 9.78 Å². The van der Waals surface area contributed by atoms with Gasteiger partial charge in [-0.2, -0.15) is 0 Å². The normalized spacial score (nSPS) is 14.3. The summed E-state index contributed by atoms with van der Waals surface area (Å²) in [5.41, 5.74) is 0.928. The average molecular weight is 363 g/mol. The molecule has 1 aliphatic rings. The molecule has 1 amide bonds. The van der Waals surface area contributed by atoms with Crippen LogP contribution in [0.4, 0.5) is 4.39 Å². The number of carbonyl (C=O) groups excluding carboxylic acids is 1. The van der Waals surface area contributed by atoms with Gasteiger partial charge >= 0.3 is 0 Å². The minimum absolute atomic E-state index is 0.0959. The number of aromatic nitrogens is 1. The van der Waals surface area contributed by atoms with E-state index in [2.05, 4.69) is 15.0 Å². The van der Waals surface area contributed by atoms with Crippen molar-refractivity contribution in [1.82, 2.24) is 15.0 Å². The zero-order valence-electron chi connectivity index (χ0n) is 13.4. The van der Waals surface area contributed by atoms with Crippen LogP contribution in [0.25, 0.3) is 0 Å². The highest BCUT2D eigenvalue weighted by Gasteiger charge is 2.30. The molecule has 25 heavy (non-hydrogen) atoms. The van der Waals surface area contributed by atoms with Crippen molar-refractivity contribution in [2.24, 2.45) is 0 Å². The molecule has 132 valence electrons. The molecule has 0 atom stereocenters. The number of pyridine rings is 1. The zero-order chi connectivity index (χ0) is 17.9. The summed E-state index contributed by atoms with van der Waals surface area (Å²) in [6.07, 6.45) is 3.70. The Morgan fingerprint density at radius 1 is 1.24 bits per heavy atom. The molecule has 3 rings (SSSR count). The summed E-state index contributed by atoms with van der Waals surface area (Å²) in [6.45, 7) is 0.343. The second kappa shape index (κ2) is 7.28. The van der Waals surface area contributed by atoms with Gasteiger partial charge in [0.05, 0.1) is 0 Å². The number of benzene rings is 1. The van der Waals surface area contributed by atoms with Crippen LogP contribution in [0.15, 0.2) is 47.5 Å². The Bertz CT molecular complexity index is 868. The highest BCUT2D eigenvalue weighted by Crippen LogP contribution is 2.24. The first-order valence-corrected chi connectivity index (χ1v) is 9.44. The van der Waals surface area contributed by atoms with Gasteiger partial charge in [-0.1, -0.05) is 6.07 Å². The van der Waals surface area contributed by atoms with E-state index in [1.54, 1.807) is 12.3 Å². The van der Waals surface area contributed by atoms with Gasteiger partial charge in [-0.25, -0.2) is 17.5 Å². The van der Waals surface area contributed by atoms with Crippen molar-refractivity contribution in [3.63, 3.8) is 0 Å². The van der Waals surface area contributed by atoms with Gasteiger partial charge < -0.3 is 5.32 Å². The number of carbonyl (C=O) groups is 1. The van der Waals surface area contributed by atoms with Crippen molar-refractivity contribution in [2.45, 2.75) is 30.2 Å². The molecule has 8 heteroatoms. The molecule has 1 saturated carbocycles. The summed E-state index contributed by atoms with van der Waals surface area (Å²) in [7, 11) is -3.96. The van der Waals surface area contributed by atoms with Crippen LogP contribution in [0.1, 0.15) is 28.9 Å². The molecular formula is C17H18FN3O3S.